The van der Waals surface area contributed by atoms with Crippen LogP contribution in [-0.2, 0) is 32.0 Å². The second-order valence-electron chi connectivity index (χ2n) is 6.94. The van der Waals surface area contributed by atoms with Crippen molar-refractivity contribution in [3.05, 3.63) is 28.8 Å². The van der Waals surface area contributed by atoms with Crippen LogP contribution < -0.4 is 5.11 Å². The summed E-state index contributed by atoms with van der Waals surface area (Å²) in [7, 11) is 6.75. The third-order valence-electron chi connectivity index (χ3n) is 4.62. The van der Waals surface area contributed by atoms with E-state index in [0.717, 1.165) is 42.9 Å². The molecule has 0 aliphatic rings. The lowest BCUT2D eigenvalue weighted by Crippen LogP contribution is -2.32. The molecule has 0 aromatic heterocycles. The molecule has 0 saturated carbocycles. The normalized spacial score (nSPS) is 11.7. The maximum atomic E-state index is 13.1. The fourth-order valence-electron chi connectivity index (χ4n) is 3.07. The predicted octanol–water partition coefficient (Wildman–Crippen LogP) is 1.26. The molecule has 0 atom stereocenters. The molecule has 0 amide bonds. The van der Waals surface area contributed by atoms with Gasteiger partial charge in [-0.2, -0.15) is 0 Å². The molecule has 162 valence electrons. The molecule has 0 heterocycles. The molecule has 0 fully saturated rings. The van der Waals surface area contributed by atoms with Gasteiger partial charge in [0.1, 0.15) is 0 Å². The van der Waals surface area contributed by atoms with Crippen LogP contribution in [0.15, 0.2) is 12.1 Å². The Morgan fingerprint density at radius 3 is 1.29 bits per heavy atom. The summed E-state index contributed by atoms with van der Waals surface area (Å²) >= 11 is 0. The Kier molecular flexibility index (Phi) is 13.1. The van der Waals surface area contributed by atoms with E-state index in [1.165, 1.54) is 0 Å². The summed E-state index contributed by atoms with van der Waals surface area (Å²) < 4.78 is 20.8. The zero-order valence-electron chi connectivity index (χ0n) is 18.2. The van der Waals surface area contributed by atoms with Gasteiger partial charge >= 0.3 is 0 Å². The zero-order chi connectivity index (χ0) is 20.8. The Bertz CT molecular complexity index is 483. The van der Waals surface area contributed by atoms with Gasteiger partial charge in [-0.1, -0.05) is 23.4 Å². The van der Waals surface area contributed by atoms with Crippen molar-refractivity contribution in [1.29, 1.82) is 0 Å². The van der Waals surface area contributed by atoms with Gasteiger partial charge in [-0.15, -0.1) is 0 Å². The lowest BCUT2D eigenvalue weighted by atomic mass is 10.0. The number of benzene rings is 1. The summed E-state index contributed by atoms with van der Waals surface area (Å²) in [5, 5.41) is 13.1. The van der Waals surface area contributed by atoms with Crippen LogP contribution in [-0.4, -0.2) is 90.8 Å². The Balaban J connectivity index is 2.94. The maximum Gasteiger partial charge on any atom is 0.0589 e. The van der Waals surface area contributed by atoms with Crippen molar-refractivity contribution in [3.63, 3.8) is 0 Å². The van der Waals surface area contributed by atoms with Gasteiger partial charge in [0.15, 0.2) is 0 Å². The average Bonchev–Trinajstić information content (AvgIpc) is 2.69. The van der Waals surface area contributed by atoms with Crippen LogP contribution in [0.1, 0.15) is 16.7 Å². The molecule has 0 saturated heterocycles. The van der Waals surface area contributed by atoms with E-state index in [0.29, 0.717) is 39.5 Å². The minimum atomic E-state index is 0.116. The minimum Gasteiger partial charge on any atom is -0.872 e. The van der Waals surface area contributed by atoms with Gasteiger partial charge in [0.25, 0.3) is 0 Å². The number of rotatable bonds is 16. The van der Waals surface area contributed by atoms with Crippen molar-refractivity contribution < 1.29 is 24.1 Å². The van der Waals surface area contributed by atoms with E-state index in [2.05, 4.69) is 9.80 Å². The Morgan fingerprint density at radius 2 is 1.00 bits per heavy atom. The highest BCUT2D eigenvalue weighted by molar-refractivity contribution is 5.42. The molecule has 1 aromatic rings. The van der Waals surface area contributed by atoms with Crippen molar-refractivity contribution >= 4 is 0 Å². The number of nitrogens with zero attached hydrogens (tertiary/aromatic N) is 2. The molecule has 7 heteroatoms. The van der Waals surface area contributed by atoms with Crippen LogP contribution in [0.3, 0.4) is 0 Å². The maximum absolute atomic E-state index is 13.1. The van der Waals surface area contributed by atoms with E-state index in [-0.39, 0.29) is 5.75 Å². The van der Waals surface area contributed by atoms with Crippen LogP contribution >= 0.6 is 0 Å². The SMILES string of the molecule is COCCN(CCOC)Cc1cc(C)cc(CN(CCOC)CCOC)c1[O-]. The first-order valence-corrected chi connectivity index (χ1v) is 9.75. The zero-order valence-corrected chi connectivity index (χ0v) is 18.2. The molecule has 28 heavy (non-hydrogen) atoms. The summed E-state index contributed by atoms with van der Waals surface area (Å²) in [5.74, 6) is 0.116. The first-order valence-electron chi connectivity index (χ1n) is 9.75. The Labute approximate surface area is 170 Å². The molecule has 0 unspecified atom stereocenters. The van der Waals surface area contributed by atoms with Crippen molar-refractivity contribution in [2.45, 2.75) is 20.0 Å². The number of aryl methyl sites for hydroxylation is 1. The van der Waals surface area contributed by atoms with Crippen LogP contribution in [0.2, 0.25) is 0 Å². The molecule has 0 radical (unpaired) electrons. The molecule has 0 spiro atoms. The molecule has 1 rings (SSSR count). The fourth-order valence-corrected chi connectivity index (χ4v) is 3.07. The second kappa shape index (κ2) is 14.7. The second-order valence-corrected chi connectivity index (χ2v) is 6.94. The van der Waals surface area contributed by atoms with Gasteiger partial charge in [0.2, 0.25) is 0 Å². The van der Waals surface area contributed by atoms with Crippen LogP contribution in [0, 0.1) is 6.92 Å². The van der Waals surface area contributed by atoms with Gasteiger partial charge < -0.3 is 24.1 Å². The van der Waals surface area contributed by atoms with Gasteiger partial charge in [-0.05, 0) is 18.1 Å². The third-order valence-corrected chi connectivity index (χ3v) is 4.62. The van der Waals surface area contributed by atoms with E-state index in [4.69, 9.17) is 18.9 Å². The predicted molar refractivity (Wildman–Crippen MR) is 109 cm³/mol. The van der Waals surface area contributed by atoms with Crippen molar-refractivity contribution in [2.24, 2.45) is 0 Å². The van der Waals surface area contributed by atoms with E-state index in [9.17, 15) is 5.11 Å². The fraction of sp³-hybridized carbons (Fsp3) is 0.714. The number of hydrogen-bond acceptors (Lipinski definition) is 7. The van der Waals surface area contributed by atoms with E-state index in [1.807, 2.05) is 19.1 Å². The minimum absolute atomic E-state index is 0.116. The molecule has 1 aromatic carbocycles. The van der Waals surface area contributed by atoms with Crippen LogP contribution in [0.5, 0.6) is 5.75 Å². The topological polar surface area (TPSA) is 66.5 Å². The Morgan fingerprint density at radius 1 is 0.679 bits per heavy atom. The lowest BCUT2D eigenvalue weighted by Gasteiger charge is -2.29. The number of methoxy groups -OCH3 is 4. The van der Waals surface area contributed by atoms with Crippen LogP contribution in [0.4, 0.5) is 0 Å². The number of ether oxygens (including phenoxy) is 4. The smallest absolute Gasteiger partial charge is 0.0589 e. The molecule has 0 aliphatic heterocycles. The third kappa shape index (κ3) is 9.32. The van der Waals surface area contributed by atoms with E-state index in [1.54, 1.807) is 28.4 Å². The molecule has 7 nitrogen and oxygen atoms in total. The summed E-state index contributed by atoms with van der Waals surface area (Å²) in [6.07, 6.45) is 0. The highest BCUT2D eigenvalue weighted by Gasteiger charge is 2.12. The lowest BCUT2D eigenvalue weighted by molar-refractivity contribution is -0.271. The Hall–Kier alpha value is -1.22. The quantitative estimate of drug-likeness (QED) is 0.416. The summed E-state index contributed by atoms with van der Waals surface area (Å²) in [6, 6.07) is 3.99. The number of hydrogen-bond donors (Lipinski definition) is 0. The van der Waals surface area contributed by atoms with Crippen molar-refractivity contribution in [2.75, 3.05) is 81.0 Å². The van der Waals surface area contributed by atoms with E-state index >= 15 is 0 Å². The standard InChI is InChI=1S/C21H38N2O5/c1-18-14-19(16-22(6-10-25-2)7-11-26-3)21(24)20(15-18)17-23(8-12-27-4)9-13-28-5/h14-15,24H,6-13,16-17H2,1-5H3/p-1. The first kappa shape index (κ1) is 24.8. The highest BCUT2D eigenvalue weighted by atomic mass is 16.5. The van der Waals surface area contributed by atoms with Crippen molar-refractivity contribution in [1.82, 2.24) is 9.80 Å². The average molecular weight is 398 g/mol. The summed E-state index contributed by atoms with van der Waals surface area (Å²) in [6.45, 7) is 8.76. The highest BCUT2D eigenvalue weighted by Crippen LogP contribution is 2.25. The van der Waals surface area contributed by atoms with E-state index < -0.39 is 0 Å². The summed E-state index contributed by atoms with van der Waals surface area (Å²) in [4.78, 5) is 4.39. The van der Waals surface area contributed by atoms with Crippen LogP contribution in [0.25, 0.3) is 0 Å². The summed E-state index contributed by atoms with van der Waals surface area (Å²) in [5.41, 5.74) is 2.74. The van der Waals surface area contributed by atoms with Gasteiger partial charge in [-0.25, -0.2) is 0 Å². The molecule has 0 aliphatic carbocycles. The van der Waals surface area contributed by atoms with Gasteiger partial charge in [0, 0.05) is 67.7 Å². The molecule has 0 N–H and O–H groups in total. The monoisotopic (exact) mass is 397 g/mol. The van der Waals surface area contributed by atoms with Gasteiger partial charge in [0.05, 0.1) is 26.4 Å². The molecule has 0 bridgehead atoms. The molecular weight excluding hydrogens is 360 g/mol. The first-order chi connectivity index (χ1) is 13.5. The van der Waals surface area contributed by atoms with Crippen molar-refractivity contribution in [3.8, 4) is 5.75 Å². The molecular formula is C21H37N2O5-. The largest absolute Gasteiger partial charge is 0.872 e. The van der Waals surface area contributed by atoms with Gasteiger partial charge in [-0.3, -0.25) is 9.80 Å².